The molecule has 0 radical (unpaired) electrons. The van der Waals surface area contributed by atoms with E-state index in [-0.39, 0.29) is 0 Å². The zero-order valence-corrected chi connectivity index (χ0v) is 15.1. The summed E-state index contributed by atoms with van der Waals surface area (Å²) in [7, 11) is 1.68. The summed E-state index contributed by atoms with van der Waals surface area (Å²) in [4.78, 5) is 9.14. The van der Waals surface area contributed by atoms with Crippen LogP contribution in [0.25, 0.3) is 21.9 Å². The number of nitrogens with one attached hydrogen (secondary N) is 2. The number of aromatic nitrogens is 4. The second kappa shape index (κ2) is 6.63. The molecule has 2 N–H and O–H groups in total. The summed E-state index contributed by atoms with van der Waals surface area (Å²) in [5.74, 6) is 0.824. The van der Waals surface area contributed by atoms with Gasteiger partial charge in [-0.1, -0.05) is 6.07 Å². The van der Waals surface area contributed by atoms with E-state index < -0.39 is 0 Å². The molecule has 0 aliphatic rings. The number of nitrogens with zero attached hydrogens (tertiary/aromatic N) is 3. The van der Waals surface area contributed by atoms with E-state index in [9.17, 15) is 0 Å². The number of rotatable bonds is 5. The molecule has 0 saturated heterocycles. The van der Waals surface area contributed by atoms with E-state index in [1.54, 1.807) is 7.11 Å². The van der Waals surface area contributed by atoms with Gasteiger partial charge in [-0.3, -0.25) is 10.1 Å². The first-order valence-electron chi connectivity index (χ1n) is 8.64. The van der Waals surface area contributed by atoms with Crippen molar-refractivity contribution in [3.05, 3.63) is 53.5 Å². The molecule has 0 spiro atoms. The fraction of sp³-hybridized carbons (Fsp3) is 0.250. The highest BCUT2D eigenvalue weighted by Crippen LogP contribution is 2.35. The molecular weight excluding hydrogens is 326 g/mol. The zero-order chi connectivity index (χ0) is 18.1. The molecule has 4 aromatic rings. The van der Waals surface area contributed by atoms with E-state index in [0.717, 1.165) is 63.3 Å². The maximum absolute atomic E-state index is 5.47. The maximum atomic E-state index is 5.47. The number of pyridine rings is 2. The van der Waals surface area contributed by atoms with Crippen LogP contribution in [0.1, 0.15) is 17.0 Å². The number of benzene rings is 1. The first kappa shape index (κ1) is 16.3. The van der Waals surface area contributed by atoms with Crippen LogP contribution >= 0.6 is 0 Å². The van der Waals surface area contributed by atoms with Crippen LogP contribution in [0.15, 0.2) is 36.5 Å². The van der Waals surface area contributed by atoms with Crippen molar-refractivity contribution in [3.63, 3.8) is 0 Å². The van der Waals surface area contributed by atoms with E-state index in [2.05, 4.69) is 20.5 Å². The number of aromatic amines is 1. The lowest BCUT2D eigenvalue weighted by molar-refractivity contribution is 0.415. The predicted octanol–water partition coefficient (Wildman–Crippen LogP) is 3.79. The van der Waals surface area contributed by atoms with E-state index >= 15 is 0 Å². The van der Waals surface area contributed by atoms with Crippen LogP contribution in [0.4, 0.5) is 5.69 Å². The minimum atomic E-state index is 0.726. The van der Waals surface area contributed by atoms with Gasteiger partial charge in [-0.15, -0.1) is 0 Å². The van der Waals surface area contributed by atoms with Crippen molar-refractivity contribution in [1.29, 1.82) is 0 Å². The Balaban J connectivity index is 1.80. The van der Waals surface area contributed by atoms with Gasteiger partial charge in [-0.05, 0) is 43.7 Å². The minimum absolute atomic E-state index is 0.726. The number of fused-ring (bicyclic) bond motifs is 2. The van der Waals surface area contributed by atoms with Gasteiger partial charge in [0.2, 0.25) is 0 Å². The summed E-state index contributed by atoms with van der Waals surface area (Å²) < 4.78 is 5.47. The number of hydrogen-bond acceptors (Lipinski definition) is 5. The Kier molecular flexibility index (Phi) is 4.16. The van der Waals surface area contributed by atoms with Gasteiger partial charge in [0.15, 0.2) is 5.65 Å². The van der Waals surface area contributed by atoms with Crippen molar-refractivity contribution in [2.45, 2.75) is 20.3 Å². The molecule has 0 fully saturated rings. The normalized spacial score (nSPS) is 11.2. The third-order valence-electron chi connectivity index (χ3n) is 4.58. The summed E-state index contributed by atoms with van der Waals surface area (Å²) >= 11 is 0. The molecule has 3 heterocycles. The molecule has 26 heavy (non-hydrogen) atoms. The number of methoxy groups -OCH3 is 1. The average Bonchev–Trinajstić information content (AvgIpc) is 3.03. The van der Waals surface area contributed by atoms with Gasteiger partial charge in [-0.25, -0.2) is 4.98 Å². The van der Waals surface area contributed by atoms with Crippen LogP contribution in [-0.2, 0) is 6.42 Å². The second-order valence-corrected chi connectivity index (χ2v) is 6.37. The van der Waals surface area contributed by atoms with Gasteiger partial charge >= 0.3 is 0 Å². The molecule has 0 unspecified atom stereocenters. The molecule has 3 aromatic heterocycles. The van der Waals surface area contributed by atoms with E-state index in [4.69, 9.17) is 9.72 Å². The van der Waals surface area contributed by atoms with Gasteiger partial charge in [0.1, 0.15) is 5.75 Å². The molecule has 0 aliphatic heterocycles. The Labute approximate surface area is 151 Å². The van der Waals surface area contributed by atoms with Crippen molar-refractivity contribution in [2.75, 3.05) is 19.0 Å². The van der Waals surface area contributed by atoms with Gasteiger partial charge in [0.05, 0.1) is 23.7 Å². The first-order chi connectivity index (χ1) is 12.7. The number of anilines is 1. The van der Waals surface area contributed by atoms with E-state index in [1.807, 2.05) is 50.4 Å². The highest BCUT2D eigenvalue weighted by Gasteiger charge is 2.16. The van der Waals surface area contributed by atoms with Gasteiger partial charge in [0, 0.05) is 35.9 Å². The Bertz CT molecular complexity index is 1070. The molecule has 0 aliphatic carbocycles. The summed E-state index contributed by atoms with van der Waals surface area (Å²) in [5.41, 5.74) is 5.82. The molecule has 0 bridgehead atoms. The smallest absolute Gasteiger partial charge is 0.183 e. The van der Waals surface area contributed by atoms with Crippen molar-refractivity contribution >= 4 is 27.6 Å². The summed E-state index contributed by atoms with van der Waals surface area (Å²) in [6, 6.07) is 10.0. The number of H-pyrrole nitrogens is 1. The lowest BCUT2D eigenvalue weighted by Gasteiger charge is -2.14. The average molecular weight is 347 g/mol. The summed E-state index contributed by atoms with van der Waals surface area (Å²) in [6.45, 7) is 4.83. The zero-order valence-electron chi connectivity index (χ0n) is 15.1. The van der Waals surface area contributed by atoms with Crippen LogP contribution in [0.5, 0.6) is 5.75 Å². The van der Waals surface area contributed by atoms with E-state index in [1.165, 1.54) is 0 Å². The number of hydrogen-bond donors (Lipinski definition) is 2. The maximum Gasteiger partial charge on any atom is 0.183 e. The predicted molar refractivity (Wildman–Crippen MR) is 104 cm³/mol. The highest BCUT2D eigenvalue weighted by molar-refractivity contribution is 6.08. The van der Waals surface area contributed by atoms with Crippen molar-refractivity contribution in [2.24, 2.45) is 0 Å². The Morgan fingerprint density at radius 2 is 2.08 bits per heavy atom. The van der Waals surface area contributed by atoms with Crippen LogP contribution in [0.2, 0.25) is 0 Å². The fourth-order valence-corrected chi connectivity index (χ4v) is 3.29. The number of aryl methyl sites for hydroxylation is 2. The monoisotopic (exact) mass is 347 g/mol. The highest BCUT2D eigenvalue weighted by atomic mass is 16.5. The van der Waals surface area contributed by atoms with Gasteiger partial charge < -0.3 is 10.1 Å². The SMILES string of the molecule is COc1cc(C)c2nc3n[nH]c(C)c3c(NCCc3ccccn3)c2c1. The van der Waals surface area contributed by atoms with Crippen LogP contribution < -0.4 is 10.1 Å². The third kappa shape index (κ3) is 2.83. The minimum Gasteiger partial charge on any atom is -0.497 e. The molecular formula is C20H21N5O. The molecule has 0 amide bonds. The van der Waals surface area contributed by atoms with Crippen LogP contribution in [0.3, 0.4) is 0 Å². The second-order valence-electron chi connectivity index (χ2n) is 6.37. The molecule has 6 heteroatoms. The molecule has 0 atom stereocenters. The molecule has 4 rings (SSSR count). The number of ether oxygens (including phenoxy) is 1. The van der Waals surface area contributed by atoms with Crippen molar-refractivity contribution in [3.8, 4) is 5.75 Å². The standard InChI is InChI=1S/C20H21N5O/c1-12-10-15(26-3)11-16-18(12)23-20-17(13(2)24-25-20)19(16)22-9-7-14-6-4-5-8-21-14/h4-6,8,10-11H,7,9H2,1-3H3,(H2,22,23,24,25). The molecule has 132 valence electrons. The first-order valence-corrected chi connectivity index (χ1v) is 8.64. The molecule has 0 saturated carbocycles. The largest absolute Gasteiger partial charge is 0.497 e. The Hall–Kier alpha value is -3.15. The summed E-state index contributed by atoms with van der Waals surface area (Å²) in [6.07, 6.45) is 2.66. The fourth-order valence-electron chi connectivity index (χ4n) is 3.29. The van der Waals surface area contributed by atoms with Crippen molar-refractivity contribution < 1.29 is 4.74 Å². The Morgan fingerprint density at radius 3 is 2.85 bits per heavy atom. The van der Waals surface area contributed by atoms with Gasteiger partial charge in [0.25, 0.3) is 0 Å². The topological polar surface area (TPSA) is 75.7 Å². The van der Waals surface area contributed by atoms with Crippen LogP contribution in [0, 0.1) is 13.8 Å². The van der Waals surface area contributed by atoms with E-state index in [0.29, 0.717) is 0 Å². The van der Waals surface area contributed by atoms with Gasteiger partial charge in [-0.2, -0.15) is 5.10 Å². The summed E-state index contributed by atoms with van der Waals surface area (Å²) in [5, 5.41) is 13.1. The lowest BCUT2D eigenvalue weighted by atomic mass is 10.1. The molecule has 6 nitrogen and oxygen atoms in total. The Morgan fingerprint density at radius 1 is 1.19 bits per heavy atom. The quantitative estimate of drug-likeness (QED) is 0.574. The van der Waals surface area contributed by atoms with Crippen LogP contribution in [-0.4, -0.2) is 33.8 Å². The van der Waals surface area contributed by atoms with Crippen molar-refractivity contribution in [1.82, 2.24) is 20.2 Å². The molecule has 1 aromatic carbocycles. The lowest BCUT2D eigenvalue weighted by Crippen LogP contribution is -2.07. The third-order valence-corrected chi connectivity index (χ3v) is 4.58.